The molecule has 1 N–H and O–H groups in total. The number of para-hydroxylation sites is 1. The van der Waals surface area contributed by atoms with E-state index in [1.165, 1.54) is 30.1 Å². The van der Waals surface area contributed by atoms with E-state index in [4.69, 9.17) is 9.72 Å². The minimum Gasteiger partial charge on any atom is -0.377 e. The van der Waals surface area contributed by atoms with Crippen molar-refractivity contribution >= 4 is 38.9 Å². The normalized spacial score (nSPS) is 18.6. The molecule has 4 nitrogen and oxygen atoms in total. The Kier molecular flexibility index (Phi) is 5.76. The zero-order chi connectivity index (χ0) is 23.1. The molecule has 0 saturated heterocycles. The third-order valence-electron chi connectivity index (χ3n) is 6.19. The van der Waals surface area contributed by atoms with Gasteiger partial charge in [0.05, 0.1) is 17.4 Å². The second-order valence-corrected chi connectivity index (χ2v) is 9.21. The van der Waals surface area contributed by atoms with Gasteiger partial charge in [0, 0.05) is 24.6 Å². The average Bonchev–Trinajstić information content (AvgIpc) is 3.36. The van der Waals surface area contributed by atoms with Crippen molar-refractivity contribution in [3.8, 4) is 0 Å². The highest BCUT2D eigenvalue weighted by atomic mass is 32.1. The molecule has 2 heterocycles. The molecule has 3 aromatic rings. The molecule has 0 radical (unpaired) electrons. The van der Waals surface area contributed by atoms with E-state index >= 15 is 8.78 Å². The van der Waals surface area contributed by atoms with E-state index in [0.29, 0.717) is 10.8 Å². The van der Waals surface area contributed by atoms with Crippen LogP contribution in [0.3, 0.4) is 0 Å². The summed E-state index contributed by atoms with van der Waals surface area (Å²) in [5, 5.41) is 5.56. The highest BCUT2D eigenvalue weighted by molar-refractivity contribution is 7.15. The molecule has 33 heavy (non-hydrogen) atoms. The van der Waals surface area contributed by atoms with Crippen molar-refractivity contribution in [3.05, 3.63) is 82.1 Å². The summed E-state index contributed by atoms with van der Waals surface area (Å²) in [5.41, 5.74) is 5.33. The van der Waals surface area contributed by atoms with Crippen LogP contribution < -0.4 is 5.32 Å². The van der Waals surface area contributed by atoms with Crippen LogP contribution in [0.1, 0.15) is 41.8 Å². The molecule has 0 aliphatic heterocycles. The maximum atomic E-state index is 15.2. The van der Waals surface area contributed by atoms with Gasteiger partial charge in [0.25, 0.3) is 0 Å². The largest absolute Gasteiger partial charge is 0.377 e. The van der Waals surface area contributed by atoms with Crippen molar-refractivity contribution in [1.29, 1.82) is 0 Å². The molecule has 2 aromatic heterocycles. The van der Waals surface area contributed by atoms with Crippen molar-refractivity contribution in [3.63, 3.8) is 0 Å². The third-order valence-corrected chi connectivity index (χ3v) is 7.02. The number of halogens is 2. The van der Waals surface area contributed by atoms with Gasteiger partial charge in [-0.05, 0) is 49.5 Å². The van der Waals surface area contributed by atoms with E-state index in [9.17, 15) is 0 Å². The Morgan fingerprint density at radius 2 is 2.00 bits per heavy atom. The Labute approximate surface area is 195 Å². The van der Waals surface area contributed by atoms with Gasteiger partial charge in [0.1, 0.15) is 23.2 Å². The van der Waals surface area contributed by atoms with Gasteiger partial charge in [-0.3, -0.25) is 4.40 Å². The minimum absolute atomic E-state index is 0.0178. The van der Waals surface area contributed by atoms with Crippen molar-refractivity contribution in [2.75, 3.05) is 12.4 Å². The average molecular weight is 466 g/mol. The number of ether oxygens (including phenoxy) is 1. The molecular formula is C26H25F2N3OS. The van der Waals surface area contributed by atoms with Gasteiger partial charge in [0.15, 0.2) is 4.96 Å². The molecule has 7 heteroatoms. The Hall–Kier alpha value is -3.03. The summed E-state index contributed by atoms with van der Waals surface area (Å²) in [4.78, 5) is 5.40. The first kappa shape index (κ1) is 21.8. The van der Waals surface area contributed by atoms with Crippen molar-refractivity contribution in [2.45, 2.75) is 39.2 Å². The zero-order valence-corrected chi connectivity index (χ0v) is 19.6. The smallest absolute Gasteiger partial charge is 0.196 e. The summed E-state index contributed by atoms with van der Waals surface area (Å²) in [6.07, 6.45) is 8.82. The number of anilines is 2. The maximum Gasteiger partial charge on any atom is 0.196 e. The van der Waals surface area contributed by atoms with Gasteiger partial charge in [0.2, 0.25) is 0 Å². The van der Waals surface area contributed by atoms with Crippen LogP contribution in [0.4, 0.5) is 20.3 Å². The van der Waals surface area contributed by atoms with Gasteiger partial charge in [-0.25, -0.2) is 13.8 Å². The Balaban J connectivity index is 1.74. The molecule has 0 amide bonds. The lowest BCUT2D eigenvalue weighted by Crippen LogP contribution is -2.14. The van der Waals surface area contributed by atoms with Crippen LogP contribution in [0.15, 0.2) is 59.5 Å². The number of nitrogens with one attached hydrogen (secondary N) is 1. The minimum atomic E-state index is -0.651. The molecule has 0 fully saturated rings. The number of rotatable bonds is 5. The van der Waals surface area contributed by atoms with Crippen molar-refractivity contribution < 1.29 is 13.5 Å². The lowest BCUT2D eigenvalue weighted by Gasteiger charge is -2.20. The fraction of sp³-hybridized carbons (Fsp3) is 0.269. The molecule has 1 aromatic carbocycles. The Bertz CT molecular complexity index is 1340. The van der Waals surface area contributed by atoms with Crippen LogP contribution in [0.25, 0.3) is 16.1 Å². The number of benzene rings is 1. The number of imidazole rings is 1. The van der Waals surface area contributed by atoms with Gasteiger partial charge in [-0.2, -0.15) is 0 Å². The lowest BCUT2D eigenvalue weighted by atomic mass is 9.99. The molecule has 1 atom stereocenters. The highest BCUT2D eigenvalue weighted by Gasteiger charge is 2.30. The summed E-state index contributed by atoms with van der Waals surface area (Å²) in [7, 11) is 1.45. The summed E-state index contributed by atoms with van der Waals surface area (Å²) < 4.78 is 37.6. The number of aryl methyl sites for hydroxylation is 2. The summed E-state index contributed by atoms with van der Waals surface area (Å²) >= 11 is 1.47. The number of allylic oxidation sites excluding steroid dienone is 6. The zero-order valence-electron chi connectivity index (χ0n) is 18.8. The van der Waals surface area contributed by atoms with Crippen LogP contribution in [0.2, 0.25) is 0 Å². The van der Waals surface area contributed by atoms with Crippen molar-refractivity contribution in [1.82, 2.24) is 9.38 Å². The fourth-order valence-corrected chi connectivity index (χ4v) is 5.34. The van der Waals surface area contributed by atoms with Gasteiger partial charge in [-0.1, -0.05) is 36.4 Å². The van der Waals surface area contributed by atoms with Crippen LogP contribution in [-0.4, -0.2) is 22.6 Å². The van der Waals surface area contributed by atoms with Gasteiger partial charge < -0.3 is 10.1 Å². The fourth-order valence-electron chi connectivity index (χ4n) is 4.43. The second-order valence-electron chi connectivity index (χ2n) is 8.37. The molecule has 170 valence electrons. The van der Waals surface area contributed by atoms with Crippen LogP contribution in [0, 0.1) is 13.8 Å². The number of aromatic nitrogens is 2. The number of hydrogen-bond acceptors (Lipinski definition) is 4. The Morgan fingerprint density at radius 3 is 2.67 bits per heavy atom. The molecular weight excluding hydrogens is 440 g/mol. The van der Waals surface area contributed by atoms with E-state index in [-0.39, 0.29) is 17.7 Å². The lowest BCUT2D eigenvalue weighted by molar-refractivity contribution is 0.133. The number of hydrogen-bond donors (Lipinski definition) is 1. The predicted molar refractivity (Wildman–Crippen MR) is 131 cm³/mol. The SMILES string of the molecule is COC1C=C(F)C(c2nc3scc(C4=CC=CCC4)n3c2Nc2c(C)cccc2C)=C(F)C1. The molecule has 5 rings (SSSR count). The number of methoxy groups -OCH3 is 1. The number of thiazole rings is 1. The molecule has 0 saturated carbocycles. The first-order chi connectivity index (χ1) is 16.0. The van der Waals surface area contributed by atoms with E-state index in [1.807, 2.05) is 36.4 Å². The Morgan fingerprint density at radius 1 is 1.21 bits per heavy atom. The van der Waals surface area contributed by atoms with Crippen molar-refractivity contribution in [2.24, 2.45) is 0 Å². The van der Waals surface area contributed by atoms with E-state index in [1.54, 1.807) is 0 Å². The van der Waals surface area contributed by atoms with E-state index in [2.05, 4.69) is 28.9 Å². The first-order valence-corrected chi connectivity index (χ1v) is 11.8. The molecule has 2 aliphatic carbocycles. The summed E-state index contributed by atoms with van der Waals surface area (Å²) in [6, 6.07) is 6.02. The molecule has 2 aliphatic rings. The number of fused-ring (bicyclic) bond motifs is 1. The second kappa shape index (κ2) is 8.72. The predicted octanol–water partition coefficient (Wildman–Crippen LogP) is 7.44. The van der Waals surface area contributed by atoms with E-state index in [0.717, 1.165) is 35.3 Å². The third kappa shape index (κ3) is 3.85. The summed E-state index contributed by atoms with van der Waals surface area (Å²) in [6.45, 7) is 4.03. The maximum absolute atomic E-state index is 15.2. The first-order valence-electron chi connectivity index (χ1n) is 11.0. The topological polar surface area (TPSA) is 38.6 Å². The molecule has 0 spiro atoms. The van der Waals surface area contributed by atoms with Gasteiger partial charge >= 0.3 is 0 Å². The van der Waals surface area contributed by atoms with Crippen LogP contribution in [-0.2, 0) is 4.74 Å². The molecule has 1 unspecified atom stereocenters. The van der Waals surface area contributed by atoms with E-state index < -0.39 is 17.8 Å². The monoisotopic (exact) mass is 465 g/mol. The molecule has 0 bridgehead atoms. The standard InChI is InChI=1S/C26H25F2N3OS/c1-15-8-7-9-16(2)23(15)29-25-24(22-19(27)12-18(32-3)13-20(22)28)30-26-31(25)21(14-33-26)17-10-5-4-6-11-17/h4-5,7-10,12,14,18,29H,6,11,13H2,1-3H3. The number of nitrogens with zero attached hydrogens (tertiary/aromatic N) is 2. The summed E-state index contributed by atoms with van der Waals surface area (Å²) in [5.74, 6) is -0.639. The van der Waals surface area contributed by atoms with Gasteiger partial charge in [-0.15, -0.1) is 11.3 Å². The van der Waals surface area contributed by atoms with Crippen LogP contribution in [0.5, 0.6) is 0 Å². The quantitative estimate of drug-likeness (QED) is 0.425. The highest BCUT2D eigenvalue weighted by Crippen LogP contribution is 2.42. The van der Waals surface area contributed by atoms with Crippen LogP contribution >= 0.6 is 11.3 Å².